The molecular weight excluding hydrogens is 382 g/mol. The van der Waals surface area contributed by atoms with Crippen molar-refractivity contribution in [3.8, 4) is 0 Å². The number of hydrogen-bond acceptors (Lipinski definition) is 4. The molecule has 0 fully saturated rings. The number of hydrogen-bond donors (Lipinski definition) is 1. The molecule has 0 aliphatic rings. The van der Waals surface area contributed by atoms with Gasteiger partial charge in [0.05, 0.1) is 22.7 Å². The average molecular weight is 402 g/mol. The molecule has 1 amide bonds. The second kappa shape index (κ2) is 8.59. The fourth-order valence-corrected chi connectivity index (χ4v) is 3.83. The first-order valence-electron chi connectivity index (χ1n) is 8.68. The Kier molecular flexibility index (Phi) is 6.19. The highest BCUT2D eigenvalue weighted by Crippen LogP contribution is 2.24. The van der Waals surface area contributed by atoms with Crippen molar-refractivity contribution >= 4 is 40.2 Å². The van der Waals surface area contributed by atoms with E-state index >= 15 is 0 Å². The van der Waals surface area contributed by atoms with Crippen LogP contribution in [0.5, 0.6) is 0 Å². The Morgan fingerprint density at radius 2 is 1.93 bits per heavy atom. The normalized spacial score (nSPS) is 12.1. The van der Waals surface area contributed by atoms with Crippen LogP contribution < -0.4 is 10.9 Å². The van der Waals surface area contributed by atoms with Gasteiger partial charge in [-0.25, -0.2) is 4.98 Å². The molecule has 2 aromatic carbocycles. The van der Waals surface area contributed by atoms with E-state index in [1.165, 1.54) is 11.8 Å². The Balaban J connectivity index is 2.08. The van der Waals surface area contributed by atoms with E-state index in [4.69, 9.17) is 11.6 Å². The van der Waals surface area contributed by atoms with Gasteiger partial charge in [-0.3, -0.25) is 14.2 Å². The molecule has 27 heavy (non-hydrogen) atoms. The third-order valence-corrected chi connectivity index (χ3v) is 5.57. The monoisotopic (exact) mass is 401 g/mol. The van der Waals surface area contributed by atoms with Gasteiger partial charge in [0.25, 0.3) is 5.56 Å². The predicted octanol–water partition coefficient (Wildman–Crippen LogP) is 3.71. The van der Waals surface area contributed by atoms with Crippen molar-refractivity contribution in [2.75, 3.05) is 6.54 Å². The molecule has 3 aromatic rings. The topological polar surface area (TPSA) is 64.0 Å². The number of rotatable bonds is 6. The Hall–Kier alpha value is -2.31. The summed E-state index contributed by atoms with van der Waals surface area (Å²) in [6.45, 7) is 4.52. The van der Waals surface area contributed by atoms with Crippen molar-refractivity contribution in [2.24, 2.45) is 0 Å². The number of halogens is 1. The van der Waals surface area contributed by atoms with Gasteiger partial charge in [-0.1, -0.05) is 53.7 Å². The van der Waals surface area contributed by atoms with Gasteiger partial charge in [0.15, 0.2) is 5.16 Å². The summed E-state index contributed by atoms with van der Waals surface area (Å²) in [5, 5.41) is 4.05. The minimum atomic E-state index is -0.379. The summed E-state index contributed by atoms with van der Waals surface area (Å²) in [6, 6.07) is 14.6. The van der Waals surface area contributed by atoms with Crippen LogP contribution in [0.25, 0.3) is 10.9 Å². The molecule has 0 aliphatic carbocycles. The first-order valence-corrected chi connectivity index (χ1v) is 9.94. The third-order valence-electron chi connectivity index (χ3n) is 4.12. The maximum Gasteiger partial charge on any atom is 0.262 e. The number of thioether (sulfide) groups is 1. The van der Waals surface area contributed by atoms with Crippen LogP contribution >= 0.6 is 23.4 Å². The molecule has 0 bridgehead atoms. The predicted molar refractivity (Wildman–Crippen MR) is 111 cm³/mol. The first kappa shape index (κ1) is 19.5. The van der Waals surface area contributed by atoms with E-state index in [2.05, 4.69) is 10.3 Å². The average Bonchev–Trinajstić information content (AvgIpc) is 2.66. The lowest BCUT2D eigenvalue weighted by molar-refractivity contribution is -0.120. The molecule has 140 valence electrons. The number of carbonyl (C=O) groups is 1. The van der Waals surface area contributed by atoms with Crippen LogP contribution in [0, 0.1) is 0 Å². The summed E-state index contributed by atoms with van der Waals surface area (Å²) in [4.78, 5) is 29.9. The summed E-state index contributed by atoms with van der Waals surface area (Å²) < 4.78 is 1.59. The van der Waals surface area contributed by atoms with Gasteiger partial charge in [-0.05, 0) is 37.6 Å². The van der Waals surface area contributed by atoms with Gasteiger partial charge in [-0.2, -0.15) is 0 Å². The van der Waals surface area contributed by atoms with Crippen molar-refractivity contribution in [3.63, 3.8) is 0 Å². The fourth-order valence-electron chi connectivity index (χ4n) is 2.70. The molecule has 0 unspecified atom stereocenters. The highest BCUT2D eigenvalue weighted by Gasteiger charge is 2.19. The standard InChI is InChI=1S/C20H20ClN3O2S/c1-3-22-18(25)13(2)27-20-23-17-11-7-5-9-15(17)19(26)24(20)12-14-8-4-6-10-16(14)21/h4-11,13H,3,12H2,1-2H3,(H,22,25)/t13-/m0/s1. The summed E-state index contributed by atoms with van der Waals surface area (Å²) in [5.41, 5.74) is 1.29. The number of nitrogens with zero attached hydrogens (tertiary/aromatic N) is 2. The highest BCUT2D eigenvalue weighted by atomic mass is 35.5. The van der Waals surface area contributed by atoms with Gasteiger partial charge in [-0.15, -0.1) is 0 Å². The van der Waals surface area contributed by atoms with Crippen molar-refractivity contribution in [1.29, 1.82) is 0 Å². The van der Waals surface area contributed by atoms with E-state index in [0.29, 0.717) is 34.2 Å². The van der Waals surface area contributed by atoms with Crippen LogP contribution in [0.4, 0.5) is 0 Å². The highest BCUT2D eigenvalue weighted by molar-refractivity contribution is 8.00. The van der Waals surface area contributed by atoms with Crippen LogP contribution in [-0.2, 0) is 11.3 Å². The molecule has 0 spiro atoms. The van der Waals surface area contributed by atoms with Crippen LogP contribution in [-0.4, -0.2) is 27.3 Å². The Labute approximate surface area is 166 Å². The third kappa shape index (κ3) is 4.34. The SMILES string of the molecule is CCNC(=O)[C@H](C)Sc1nc2ccccc2c(=O)n1Cc1ccccc1Cl. The molecule has 1 heterocycles. The van der Waals surface area contributed by atoms with E-state index in [1.54, 1.807) is 29.7 Å². The molecule has 1 aromatic heterocycles. The second-order valence-electron chi connectivity index (χ2n) is 6.05. The number of amides is 1. The Morgan fingerprint density at radius 1 is 1.22 bits per heavy atom. The molecular formula is C20H20ClN3O2S. The second-order valence-corrected chi connectivity index (χ2v) is 7.76. The lowest BCUT2D eigenvalue weighted by Gasteiger charge is -2.16. The first-order chi connectivity index (χ1) is 13.0. The molecule has 1 N–H and O–H groups in total. The van der Waals surface area contributed by atoms with E-state index in [9.17, 15) is 9.59 Å². The lowest BCUT2D eigenvalue weighted by Crippen LogP contribution is -2.32. The minimum absolute atomic E-state index is 0.0887. The minimum Gasteiger partial charge on any atom is -0.355 e. The Morgan fingerprint density at radius 3 is 2.67 bits per heavy atom. The molecule has 5 nitrogen and oxygen atoms in total. The van der Waals surface area contributed by atoms with Crippen molar-refractivity contribution in [2.45, 2.75) is 30.8 Å². The molecule has 0 saturated heterocycles. The van der Waals surface area contributed by atoms with E-state index < -0.39 is 0 Å². The number of fused-ring (bicyclic) bond motifs is 1. The summed E-state index contributed by atoms with van der Waals surface area (Å²) in [5.74, 6) is -0.0887. The largest absolute Gasteiger partial charge is 0.355 e. The fraction of sp³-hybridized carbons (Fsp3) is 0.250. The van der Waals surface area contributed by atoms with Crippen LogP contribution in [0.3, 0.4) is 0 Å². The van der Waals surface area contributed by atoms with Crippen molar-refractivity contribution in [1.82, 2.24) is 14.9 Å². The van der Waals surface area contributed by atoms with E-state index in [-0.39, 0.29) is 16.7 Å². The molecule has 3 rings (SSSR count). The number of para-hydroxylation sites is 1. The zero-order chi connectivity index (χ0) is 19.4. The van der Waals surface area contributed by atoms with Gasteiger partial charge >= 0.3 is 0 Å². The number of aromatic nitrogens is 2. The van der Waals surface area contributed by atoms with Gasteiger partial charge < -0.3 is 5.32 Å². The zero-order valence-electron chi connectivity index (χ0n) is 15.1. The maximum atomic E-state index is 13.1. The van der Waals surface area contributed by atoms with E-state index in [1.807, 2.05) is 37.3 Å². The van der Waals surface area contributed by atoms with Crippen molar-refractivity contribution in [3.05, 3.63) is 69.5 Å². The zero-order valence-corrected chi connectivity index (χ0v) is 16.7. The Bertz CT molecular complexity index is 1040. The van der Waals surface area contributed by atoms with Gasteiger partial charge in [0.1, 0.15) is 0 Å². The number of benzene rings is 2. The molecule has 0 saturated carbocycles. The smallest absolute Gasteiger partial charge is 0.262 e. The van der Waals surface area contributed by atoms with Gasteiger partial charge in [0.2, 0.25) is 5.91 Å². The molecule has 7 heteroatoms. The van der Waals surface area contributed by atoms with Crippen LogP contribution in [0.1, 0.15) is 19.4 Å². The number of nitrogens with one attached hydrogen (secondary N) is 1. The summed E-state index contributed by atoms with van der Waals surface area (Å²) in [6.07, 6.45) is 0. The lowest BCUT2D eigenvalue weighted by atomic mass is 10.2. The molecule has 0 aliphatic heterocycles. The van der Waals surface area contributed by atoms with E-state index in [0.717, 1.165) is 5.56 Å². The number of carbonyl (C=O) groups excluding carboxylic acids is 1. The van der Waals surface area contributed by atoms with Crippen LogP contribution in [0.2, 0.25) is 5.02 Å². The summed E-state index contributed by atoms with van der Waals surface area (Å²) >= 11 is 7.56. The van der Waals surface area contributed by atoms with Gasteiger partial charge in [0, 0.05) is 11.6 Å². The molecule has 1 atom stereocenters. The quantitative estimate of drug-likeness (QED) is 0.505. The summed E-state index contributed by atoms with van der Waals surface area (Å²) in [7, 11) is 0. The maximum absolute atomic E-state index is 13.1. The van der Waals surface area contributed by atoms with Crippen molar-refractivity contribution < 1.29 is 4.79 Å². The van der Waals surface area contributed by atoms with Crippen LogP contribution in [0.15, 0.2) is 58.5 Å². The molecule has 0 radical (unpaired) electrons.